The lowest BCUT2D eigenvalue weighted by Crippen LogP contribution is -2.40. The van der Waals surface area contributed by atoms with Gasteiger partial charge in [-0.3, -0.25) is 0 Å². The average molecular weight is 266 g/mol. The van der Waals surface area contributed by atoms with E-state index in [2.05, 4.69) is 26.2 Å². The second-order valence-electron chi connectivity index (χ2n) is 3.97. The molecule has 0 spiro atoms. The van der Waals surface area contributed by atoms with E-state index in [4.69, 9.17) is 17.7 Å². The molecule has 98 valence electrons. The van der Waals surface area contributed by atoms with Crippen LogP contribution >= 0.6 is 0 Å². The van der Waals surface area contributed by atoms with Gasteiger partial charge in [0.05, 0.1) is 0 Å². The fraction of sp³-hybridized carbons (Fsp3) is 0.800. The van der Waals surface area contributed by atoms with Crippen molar-refractivity contribution in [2.24, 2.45) is 0 Å². The summed E-state index contributed by atoms with van der Waals surface area (Å²) >= 11 is 0. The lowest BCUT2D eigenvalue weighted by molar-refractivity contribution is 0.138. The summed E-state index contributed by atoms with van der Waals surface area (Å²) in [5, 5.41) is 0. The third-order valence-corrected chi connectivity index (χ3v) is 5.04. The fourth-order valence-electron chi connectivity index (χ4n) is 0.933. The van der Waals surface area contributed by atoms with Gasteiger partial charge in [-0.25, -0.2) is 0 Å². The van der Waals surface area contributed by atoms with Crippen LogP contribution in [0.5, 0.6) is 0 Å². The maximum atomic E-state index is 5.37. The van der Waals surface area contributed by atoms with Gasteiger partial charge < -0.3 is 17.7 Å². The molecule has 16 heavy (non-hydrogen) atoms. The average Bonchev–Trinajstić information content (AvgIpc) is 2.21. The van der Waals surface area contributed by atoms with E-state index in [1.165, 1.54) is 0 Å². The van der Waals surface area contributed by atoms with Gasteiger partial charge in [0.2, 0.25) is 0 Å². The van der Waals surface area contributed by atoms with Crippen molar-refractivity contribution in [3.63, 3.8) is 0 Å². The monoisotopic (exact) mass is 266 g/mol. The van der Waals surface area contributed by atoms with Crippen molar-refractivity contribution in [2.75, 3.05) is 27.9 Å². The molecule has 0 aromatic carbocycles. The molecule has 4 nitrogen and oxygen atoms in total. The van der Waals surface area contributed by atoms with Gasteiger partial charge in [0, 0.05) is 27.9 Å². The van der Waals surface area contributed by atoms with Crippen molar-refractivity contribution >= 4 is 17.1 Å². The smallest absolute Gasteiger partial charge is 0.418 e. The van der Waals surface area contributed by atoms with E-state index in [0.29, 0.717) is 0 Å². The molecule has 0 unspecified atom stereocenters. The molecular formula is C10H26O4Si2. The second kappa shape index (κ2) is 9.09. The molecule has 0 amide bonds. The van der Waals surface area contributed by atoms with Crippen LogP contribution in [-0.2, 0) is 17.7 Å². The minimum atomic E-state index is -2.43. The molecule has 0 fully saturated rings. The van der Waals surface area contributed by atoms with E-state index < -0.39 is 17.1 Å². The molecule has 0 heterocycles. The van der Waals surface area contributed by atoms with Crippen LogP contribution in [0, 0.1) is 0 Å². The van der Waals surface area contributed by atoms with Crippen LogP contribution in [0.1, 0.15) is 6.92 Å². The van der Waals surface area contributed by atoms with E-state index in [1.54, 1.807) is 27.0 Å². The van der Waals surface area contributed by atoms with Gasteiger partial charge in [0.1, 0.15) is 0 Å². The minimum Gasteiger partial charge on any atom is -0.418 e. The predicted molar refractivity (Wildman–Crippen MR) is 72.0 cm³/mol. The van der Waals surface area contributed by atoms with E-state index >= 15 is 0 Å². The van der Waals surface area contributed by atoms with Crippen LogP contribution in [0.3, 0.4) is 0 Å². The molecule has 0 aromatic rings. The SMILES string of the molecule is C=C[Si](OC)(OC)OC.CCO[Si](C)(C)C. The van der Waals surface area contributed by atoms with E-state index in [1.807, 2.05) is 6.92 Å². The topological polar surface area (TPSA) is 36.9 Å². The van der Waals surface area contributed by atoms with E-state index in [9.17, 15) is 0 Å². The highest BCUT2D eigenvalue weighted by molar-refractivity contribution is 6.69. The summed E-state index contributed by atoms with van der Waals surface area (Å²) in [5.41, 5.74) is 1.58. The summed E-state index contributed by atoms with van der Waals surface area (Å²) < 4.78 is 20.3. The summed E-state index contributed by atoms with van der Waals surface area (Å²) in [6, 6.07) is 0. The largest absolute Gasteiger partial charge is 0.528 e. The first-order chi connectivity index (χ1) is 7.30. The molecule has 0 saturated carbocycles. The number of rotatable bonds is 6. The lowest BCUT2D eigenvalue weighted by atomic mass is 10.9. The van der Waals surface area contributed by atoms with Crippen molar-refractivity contribution in [3.05, 3.63) is 12.3 Å². The molecule has 0 saturated heterocycles. The van der Waals surface area contributed by atoms with Crippen molar-refractivity contribution in [3.8, 4) is 0 Å². The molecule has 0 radical (unpaired) electrons. The zero-order valence-corrected chi connectivity index (χ0v) is 13.6. The summed E-state index contributed by atoms with van der Waals surface area (Å²) in [6.07, 6.45) is 0. The zero-order chi connectivity index (χ0) is 13.2. The van der Waals surface area contributed by atoms with Gasteiger partial charge in [-0.1, -0.05) is 6.58 Å². The molecule has 0 aromatic heterocycles. The van der Waals surface area contributed by atoms with Gasteiger partial charge in [-0.05, 0) is 32.3 Å². The van der Waals surface area contributed by atoms with Gasteiger partial charge in [-0.15, -0.1) is 0 Å². The second-order valence-corrected chi connectivity index (χ2v) is 11.3. The highest BCUT2D eigenvalue weighted by Crippen LogP contribution is 2.05. The fourth-order valence-corrected chi connectivity index (χ4v) is 2.80. The summed E-state index contributed by atoms with van der Waals surface area (Å²) in [7, 11) is 1.04. The Labute approximate surface area is 102 Å². The van der Waals surface area contributed by atoms with Gasteiger partial charge >= 0.3 is 8.80 Å². The molecule has 0 aliphatic rings. The summed E-state index contributed by atoms with van der Waals surface area (Å²) in [5.74, 6) is 0. The first kappa shape index (κ1) is 18.4. The van der Waals surface area contributed by atoms with Crippen molar-refractivity contribution in [1.29, 1.82) is 0 Å². The third-order valence-electron chi connectivity index (χ3n) is 1.68. The number of hydrogen-bond donors (Lipinski definition) is 0. The van der Waals surface area contributed by atoms with Gasteiger partial charge in [-0.2, -0.15) is 0 Å². The van der Waals surface area contributed by atoms with Gasteiger partial charge in [0.25, 0.3) is 0 Å². The van der Waals surface area contributed by atoms with Crippen LogP contribution in [-0.4, -0.2) is 45.1 Å². The predicted octanol–water partition coefficient (Wildman–Crippen LogP) is 2.45. The Morgan fingerprint density at radius 3 is 1.38 bits per heavy atom. The van der Waals surface area contributed by atoms with Crippen molar-refractivity contribution in [2.45, 2.75) is 26.6 Å². The van der Waals surface area contributed by atoms with Crippen LogP contribution in [0.4, 0.5) is 0 Å². The molecule has 0 aliphatic carbocycles. The first-order valence-corrected chi connectivity index (χ1v) is 10.4. The Bertz CT molecular complexity index is 168. The standard InChI is InChI=1S/C5H12O3Si.C5H14OSi/c1-5-9(6-2,7-3)8-4;1-5-6-7(2,3)4/h5H,1H2,2-4H3;5H2,1-4H3. The minimum absolute atomic E-state index is 0.871. The Balaban J connectivity index is 0. The molecule has 6 heteroatoms. The maximum absolute atomic E-state index is 5.37. The molecule has 0 N–H and O–H groups in total. The molecule has 0 atom stereocenters. The Kier molecular flexibility index (Phi) is 10.4. The first-order valence-electron chi connectivity index (χ1n) is 5.23. The van der Waals surface area contributed by atoms with Crippen LogP contribution < -0.4 is 0 Å². The van der Waals surface area contributed by atoms with E-state index in [-0.39, 0.29) is 0 Å². The van der Waals surface area contributed by atoms with Crippen LogP contribution in [0.25, 0.3) is 0 Å². The van der Waals surface area contributed by atoms with Crippen LogP contribution in [0.2, 0.25) is 19.6 Å². The Morgan fingerprint density at radius 1 is 1.00 bits per heavy atom. The van der Waals surface area contributed by atoms with Gasteiger partial charge in [0.15, 0.2) is 8.32 Å². The normalized spacial score (nSPS) is 11.7. The van der Waals surface area contributed by atoms with Crippen molar-refractivity contribution < 1.29 is 17.7 Å². The molecule has 0 bridgehead atoms. The lowest BCUT2D eigenvalue weighted by Gasteiger charge is -2.19. The molecule has 0 rings (SSSR count). The van der Waals surface area contributed by atoms with Crippen LogP contribution in [0.15, 0.2) is 12.3 Å². The highest BCUT2D eigenvalue weighted by atomic mass is 28.4. The molecular weight excluding hydrogens is 240 g/mol. The summed E-state index contributed by atoms with van der Waals surface area (Å²) in [6.45, 7) is 13.0. The number of hydrogen-bond acceptors (Lipinski definition) is 4. The van der Waals surface area contributed by atoms with Crippen molar-refractivity contribution in [1.82, 2.24) is 0 Å². The highest BCUT2D eigenvalue weighted by Gasteiger charge is 2.33. The maximum Gasteiger partial charge on any atom is 0.528 e. The Morgan fingerprint density at radius 2 is 1.38 bits per heavy atom. The van der Waals surface area contributed by atoms with E-state index in [0.717, 1.165) is 6.61 Å². The molecule has 0 aliphatic heterocycles. The zero-order valence-electron chi connectivity index (χ0n) is 11.6. The summed E-state index contributed by atoms with van der Waals surface area (Å²) in [4.78, 5) is 0. The quantitative estimate of drug-likeness (QED) is 0.692. The Hall–Kier alpha value is 0.0138. The third kappa shape index (κ3) is 9.25.